The molecule has 3 atom stereocenters. The van der Waals surface area contributed by atoms with E-state index in [9.17, 15) is 5.11 Å². The summed E-state index contributed by atoms with van der Waals surface area (Å²) in [6, 6.07) is 16.8. The number of nitrogens with zero attached hydrogens (tertiary/aromatic N) is 1. The summed E-state index contributed by atoms with van der Waals surface area (Å²) < 4.78 is 7.21. The molecule has 0 amide bonds. The Kier molecular flexibility index (Phi) is 5.93. The highest BCUT2D eigenvalue weighted by atomic mass is 35.5. The first-order chi connectivity index (χ1) is 15.1. The number of likely N-dealkylation sites (tertiary alicyclic amines) is 1. The van der Waals surface area contributed by atoms with Crippen molar-refractivity contribution in [1.29, 1.82) is 0 Å². The van der Waals surface area contributed by atoms with Crippen molar-refractivity contribution in [2.24, 2.45) is 0 Å². The van der Waals surface area contributed by atoms with Gasteiger partial charge in [0.1, 0.15) is 18.5 Å². The number of thiophene rings is 1. The number of piperidine rings is 1. The van der Waals surface area contributed by atoms with Gasteiger partial charge >= 0.3 is 0 Å². The summed E-state index contributed by atoms with van der Waals surface area (Å²) in [5.41, 5.74) is 1.05. The molecule has 6 heteroatoms. The van der Waals surface area contributed by atoms with Crippen molar-refractivity contribution in [3.05, 3.63) is 64.6 Å². The zero-order valence-electron chi connectivity index (χ0n) is 17.6. The normalized spacial score (nSPS) is 21.0. The Morgan fingerprint density at radius 3 is 2.94 bits per heavy atom. The van der Waals surface area contributed by atoms with E-state index in [-0.39, 0.29) is 0 Å². The van der Waals surface area contributed by atoms with Crippen molar-refractivity contribution in [3.63, 3.8) is 0 Å². The van der Waals surface area contributed by atoms with Gasteiger partial charge in [-0.15, -0.1) is 11.3 Å². The standard InChI is InChI=1S/C25H27ClN2O2S/c1-16-12-17(25-13-20-21(26)4-2-7-24(20)31-25)9-11-28(16)14-18(29)15-30-23-6-3-5-22-19(23)8-10-27-22/h2-8,10,13,16-18,27,29H,9,11-12,14-15H2,1H3/t16?,17?,18-/m0/s1. The molecular weight excluding hydrogens is 428 g/mol. The van der Waals surface area contributed by atoms with Crippen molar-refractivity contribution < 1.29 is 9.84 Å². The van der Waals surface area contributed by atoms with Crippen LogP contribution >= 0.6 is 22.9 Å². The summed E-state index contributed by atoms with van der Waals surface area (Å²) in [5.74, 6) is 1.37. The second-order valence-electron chi connectivity index (χ2n) is 8.53. The molecule has 1 aliphatic rings. The van der Waals surface area contributed by atoms with Crippen molar-refractivity contribution in [2.75, 3.05) is 19.7 Å². The molecule has 4 nitrogen and oxygen atoms in total. The molecule has 2 aromatic carbocycles. The molecule has 2 unspecified atom stereocenters. The lowest BCUT2D eigenvalue weighted by atomic mass is 9.90. The third-order valence-electron chi connectivity index (χ3n) is 6.37. The fraction of sp³-hybridized carbons (Fsp3) is 0.360. The van der Waals surface area contributed by atoms with Gasteiger partial charge in [0.2, 0.25) is 0 Å². The van der Waals surface area contributed by atoms with E-state index in [1.807, 2.05) is 53.9 Å². The van der Waals surface area contributed by atoms with Crippen LogP contribution in [0.15, 0.2) is 54.7 Å². The Morgan fingerprint density at radius 2 is 2.10 bits per heavy atom. The van der Waals surface area contributed by atoms with E-state index in [1.54, 1.807) is 0 Å². The van der Waals surface area contributed by atoms with Crippen LogP contribution in [0.1, 0.15) is 30.6 Å². The lowest BCUT2D eigenvalue weighted by Gasteiger charge is -2.38. The predicted molar refractivity (Wildman–Crippen MR) is 130 cm³/mol. The number of hydrogen-bond donors (Lipinski definition) is 2. The highest BCUT2D eigenvalue weighted by Gasteiger charge is 2.29. The maximum absolute atomic E-state index is 10.6. The fourth-order valence-electron chi connectivity index (χ4n) is 4.69. The van der Waals surface area contributed by atoms with Crippen LogP contribution in [-0.4, -0.2) is 46.8 Å². The van der Waals surface area contributed by atoms with Gasteiger partial charge in [-0.3, -0.25) is 4.90 Å². The number of aromatic nitrogens is 1. The van der Waals surface area contributed by atoms with Crippen LogP contribution in [-0.2, 0) is 0 Å². The Morgan fingerprint density at radius 1 is 1.23 bits per heavy atom. The predicted octanol–water partition coefficient (Wildman–Crippen LogP) is 6.04. The minimum absolute atomic E-state index is 0.297. The van der Waals surface area contributed by atoms with Gasteiger partial charge in [-0.25, -0.2) is 0 Å². The van der Waals surface area contributed by atoms with Crippen LogP contribution in [0.25, 0.3) is 21.0 Å². The van der Waals surface area contributed by atoms with E-state index in [0.29, 0.717) is 25.1 Å². The Labute approximate surface area is 191 Å². The highest BCUT2D eigenvalue weighted by molar-refractivity contribution is 7.19. The SMILES string of the molecule is CC1CC(c2cc3c(Cl)cccc3s2)CCN1C[C@H](O)COc1cccc2[nH]ccc12. The number of aromatic amines is 1. The number of aliphatic hydroxyl groups excluding tert-OH is 1. The van der Waals surface area contributed by atoms with Gasteiger partial charge in [0.25, 0.3) is 0 Å². The van der Waals surface area contributed by atoms with Gasteiger partial charge < -0.3 is 14.8 Å². The van der Waals surface area contributed by atoms with E-state index in [0.717, 1.165) is 41.1 Å². The Bertz CT molecular complexity index is 1190. The second kappa shape index (κ2) is 8.83. The van der Waals surface area contributed by atoms with Crippen molar-refractivity contribution >= 4 is 43.9 Å². The summed E-state index contributed by atoms with van der Waals surface area (Å²) in [6.45, 7) is 4.18. The molecule has 1 saturated heterocycles. The highest BCUT2D eigenvalue weighted by Crippen LogP contribution is 2.40. The van der Waals surface area contributed by atoms with Crippen LogP contribution in [0.4, 0.5) is 0 Å². The number of fused-ring (bicyclic) bond motifs is 2. The number of aliphatic hydroxyl groups is 1. The van der Waals surface area contributed by atoms with E-state index < -0.39 is 6.10 Å². The summed E-state index contributed by atoms with van der Waals surface area (Å²) >= 11 is 8.24. The van der Waals surface area contributed by atoms with Gasteiger partial charge in [-0.1, -0.05) is 23.7 Å². The van der Waals surface area contributed by atoms with Crippen molar-refractivity contribution in [2.45, 2.75) is 37.8 Å². The number of hydrogen-bond acceptors (Lipinski definition) is 4. The maximum Gasteiger partial charge on any atom is 0.128 e. The summed E-state index contributed by atoms with van der Waals surface area (Å²) in [6.07, 6.45) is 3.59. The molecule has 0 saturated carbocycles. The molecule has 2 N–H and O–H groups in total. The number of nitrogens with one attached hydrogen (secondary N) is 1. The minimum atomic E-state index is -0.517. The largest absolute Gasteiger partial charge is 0.490 e. The molecule has 1 aliphatic heterocycles. The van der Waals surface area contributed by atoms with Crippen LogP contribution in [0, 0.1) is 0 Å². The van der Waals surface area contributed by atoms with Gasteiger partial charge in [0.05, 0.1) is 0 Å². The quantitative estimate of drug-likeness (QED) is 0.373. The van der Waals surface area contributed by atoms with E-state index >= 15 is 0 Å². The zero-order chi connectivity index (χ0) is 21.4. The molecule has 1 fully saturated rings. The molecule has 162 valence electrons. The van der Waals surface area contributed by atoms with Gasteiger partial charge in [-0.05, 0) is 68.6 Å². The van der Waals surface area contributed by atoms with E-state index in [4.69, 9.17) is 16.3 Å². The van der Waals surface area contributed by atoms with Crippen LogP contribution in [0.3, 0.4) is 0 Å². The molecular formula is C25H27ClN2O2S. The van der Waals surface area contributed by atoms with Gasteiger partial charge in [-0.2, -0.15) is 0 Å². The third-order valence-corrected chi connectivity index (χ3v) is 7.97. The average molecular weight is 455 g/mol. The number of H-pyrrole nitrogens is 1. The second-order valence-corrected chi connectivity index (χ2v) is 10.0. The third kappa shape index (κ3) is 4.33. The van der Waals surface area contributed by atoms with Crippen LogP contribution in [0.2, 0.25) is 5.02 Å². The molecule has 4 aromatic rings. The summed E-state index contributed by atoms with van der Waals surface area (Å²) in [7, 11) is 0. The lowest BCUT2D eigenvalue weighted by Crippen LogP contribution is -2.45. The Balaban J connectivity index is 1.18. The number of ether oxygens (including phenoxy) is 1. The molecule has 3 heterocycles. The topological polar surface area (TPSA) is 48.5 Å². The minimum Gasteiger partial charge on any atom is -0.490 e. The molecule has 5 rings (SSSR count). The average Bonchev–Trinajstić information content (AvgIpc) is 3.41. The van der Waals surface area contributed by atoms with Crippen LogP contribution in [0.5, 0.6) is 5.75 Å². The maximum atomic E-state index is 10.6. The van der Waals surface area contributed by atoms with Gasteiger partial charge in [0.15, 0.2) is 0 Å². The number of β-amino-alcohol motifs (C(OH)–C–C–N with tert-alkyl or cyclic N) is 1. The van der Waals surface area contributed by atoms with E-state index in [2.05, 4.69) is 28.9 Å². The molecule has 31 heavy (non-hydrogen) atoms. The first kappa shape index (κ1) is 20.8. The monoisotopic (exact) mass is 454 g/mol. The lowest BCUT2D eigenvalue weighted by molar-refractivity contribution is 0.0408. The summed E-state index contributed by atoms with van der Waals surface area (Å²) in [4.78, 5) is 7.01. The van der Waals surface area contributed by atoms with Crippen LogP contribution < -0.4 is 4.74 Å². The zero-order valence-corrected chi connectivity index (χ0v) is 19.1. The molecule has 0 radical (unpaired) electrons. The smallest absolute Gasteiger partial charge is 0.128 e. The van der Waals surface area contributed by atoms with Crippen molar-refractivity contribution in [3.8, 4) is 5.75 Å². The fourth-order valence-corrected chi connectivity index (χ4v) is 6.21. The summed E-state index contributed by atoms with van der Waals surface area (Å²) in [5, 5.41) is 13.7. The first-order valence-electron chi connectivity index (χ1n) is 10.9. The van der Waals surface area contributed by atoms with Crippen molar-refractivity contribution in [1.82, 2.24) is 9.88 Å². The number of benzene rings is 2. The number of halogens is 1. The Hall–Kier alpha value is -2.05. The van der Waals surface area contributed by atoms with E-state index in [1.165, 1.54) is 15.0 Å². The molecule has 0 spiro atoms. The number of rotatable bonds is 6. The molecule has 0 aliphatic carbocycles. The molecule has 0 bridgehead atoms. The first-order valence-corrected chi connectivity index (χ1v) is 12.1. The van der Waals surface area contributed by atoms with Gasteiger partial charge in [0, 0.05) is 49.7 Å². The molecule has 2 aromatic heterocycles.